The van der Waals surface area contributed by atoms with E-state index in [1.165, 1.54) is 0 Å². The monoisotopic (exact) mass is 133 g/mol. The first kappa shape index (κ1) is 8.43. The van der Waals surface area contributed by atoms with Crippen LogP contribution in [-0.2, 0) is 4.79 Å². The predicted octanol–water partition coefficient (Wildman–Crippen LogP) is 0.705. The van der Waals surface area contributed by atoms with Crippen molar-refractivity contribution < 1.29 is 11.3 Å². The van der Waals surface area contributed by atoms with E-state index < -0.39 is 5.97 Å². The molecule has 0 saturated heterocycles. The molecule has 1 atom stereocenters. The van der Waals surface area contributed by atoms with Gasteiger partial charge in [0.05, 0.1) is 0 Å². The van der Waals surface area contributed by atoms with Crippen LogP contribution in [0.4, 0.5) is 0 Å². The molecule has 9 heavy (non-hydrogen) atoms. The van der Waals surface area contributed by atoms with Gasteiger partial charge >= 0.3 is 5.97 Å². The summed E-state index contributed by atoms with van der Waals surface area (Å²) < 4.78 is 0. The number of likely N-dealkylation sites (N-methyl/N-ethyl adjacent to an activating group) is 1. The van der Waals surface area contributed by atoms with Gasteiger partial charge in [0.25, 0.3) is 0 Å². The van der Waals surface area contributed by atoms with E-state index in [0.717, 1.165) is 0 Å². The van der Waals surface area contributed by atoms with Crippen LogP contribution >= 0.6 is 0 Å². The van der Waals surface area contributed by atoms with Gasteiger partial charge in [0.1, 0.15) is 6.04 Å². The van der Waals surface area contributed by atoms with Crippen molar-refractivity contribution in [3.63, 3.8) is 0 Å². The topological polar surface area (TPSA) is 49.3 Å². The molecule has 0 radical (unpaired) electrons. The van der Waals surface area contributed by atoms with Crippen LogP contribution in [0.25, 0.3) is 0 Å². The molecule has 0 aliphatic rings. The lowest BCUT2D eigenvalue weighted by Crippen LogP contribution is -2.35. The van der Waals surface area contributed by atoms with Gasteiger partial charge in [0.2, 0.25) is 0 Å². The third-order valence-electron chi connectivity index (χ3n) is 1.16. The summed E-state index contributed by atoms with van der Waals surface area (Å²) in [6.45, 7) is 4.46. The molecule has 0 saturated carbocycles. The highest BCUT2D eigenvalue weighted by molar-refractivity contribution is 5.73. The van der Waals surface area contributed by atoms with Gasteiger partial charge in [-0.1, -0.05) is 13.8 Å². The molecule has 56 valence electrons. The first-order valence-corrected chi connectivity index (χ1v) is 3.18. The van der Waals surface area contributed by atoms with E-state index in [1.54, 1.807) is 0 Å². The number of rotatable bonds is 4. The number of carboxylic acid groups (broad SMARTS) is 1. The summed E-state index contributed by atoms with van der Waals surface area (Å²) in [5, 5.41) is 11.3. The molecule has 0 heterocycles. The SMILES string of the molecule is CCNC(CC)C(=O)O.[HH]. The fraction of sp³-hybridized carbons (Fsp3) is 0.833. The summed E-state index contributed by atoms with van der Waals surface area (Å²) >= 11 is 0. The lowest BCUT2D eigenvalue weighted by atomic mass is 10.2. The highest BCUT2D eigenvalue weighted by Crippen LogP contribution is 1.88. The third kappa shape index (κ3) is 3.08. The van der Waals surface area contributed by atoms with Crippen LogP contribution in [0.3, 0.4) is 0 Å². The minimum Gasteiger partial charge on any atom is -0.480 e. The van der Waals surface area contributed by atoms with Crippen LogP contribution in [0.15, 0.2) is 0 Å². The molecule has 0 aromatic carbocycles. The zero-order valence-electron chi connectivity index (χ0n) is 5.85. The van der Waals surface area contributed by atoms with Crippen LogP contribution in [0.2, 0.25) is 0 Å². The summed E-state index contributed by atoms with van der Waals surface area (Å²) in [6, 6.07) is -0.366. The summed E-state index contributed by atoms with van der Waals surface area (Å²) in [6.07, 6.45) is 0.642. The Balaban J connectivity index is 0. The van der Waals surface area contributed by atoms with E-state index in [2.05, 4.69) is 5.32 Å². The second kappa shape index (κ2) is 4.32. The number of aliphatic carboxylic acids is 1. The smallest absolute Gasteiger partial charge is 0.320 e. The molecule has 1 unspecified atom stereocenters. The standard InChI is InChI=1S/C6H13NO2.H2/c1-3-5(6(8)9)7-4-2;/h5,7H,3-4H2,1-2H3,(H,8,9);1H. The zero-order valence-corrected chi connectivity index (χ0v) is 5.85. The molecule has 3 heteroatoms. The quantitative estimate of drug-likeness (QED) is 0.593. The number of hydrogen-bond donors (Lipinski definition) is 2. The summed E-state index contributed by atoms with van der Waals surface area (Å²) in [5.74, 6) is -0.764. The van der Waals surface area contributed by atoms with Gasteiger partial charge in [-0.3, -0.25) is 4.79 Å². The summed E-state index contributed by atoms with van der Waals surface area (Å²) in [4.78, 5) is 10.3. The van der Waals surface area contributed by atoms with Gasteiger partial charge in [-0.2, -0.15) is 0 Å². The van der Waals surface area contributed by atoms with Gasteiger partial charge in [-0.15, -0.1) is 0 Å². The van der Waals surface area contributed by atoms with E-state index in [9.17, 15) is 4.79 Å². The Morgan fingerprint density at radius 2 is 2.33 bits per heavy atom. The van der Waals surface area contributed by atoms with Crippen molar-refractivity contribution in [3.8, 4) is 0 Å². The van der Waals surface area contributed by atoms with E-state index in [1.807, 2.05) is 13.8 Å². The fourth-order valence-corrected chi connectivity index (χ4v) is 0.653. The Hall–Kier alpha value is -0.570. The second-order valence-electron chi connectivity index (χ2n) is 1.86. The van der Waals surface area contributed by atoms with Crippen molar-refractivity contribution in [2.45, 2.75) is 26.3 Å². The van der Waals surface area contributed by atoms with Gasteiger partial charge in [0.15, 0.2) is 0 Å². The first-order chi connectivity index (χ1) is 4.22. The molecule has 3 nitrogen and oxygen atoms in total. The van der Waals surface area contributed by atoms with Crippen molar-refractivity contribution in [2.24, 2.45) is 0 Å². The van der Waals surface area contributed by atoms with Gasteiger partial charge in [0, 0.05) is 1.43 Å². The normalized spacial score (nSPS) is 13.1. The molecule has 0 amide bonds. The Morgan fingerprint density at radius 3 is 2.44 bits per heavy atom. The van der Waals surface area contributed by atoms with E-state index >= 15 is 0 Å². The number of hydrogen-bond acceptors (Lipinski definition) is 2. The zero-order chi connectivity index (χ0) is 7.28. The molecule has 0 rings (SSSR count). The van der Waals surface area contributed by atoms with E-state index in [4.69, 9.17) is 5.11 Å². The number of carboxylic acids is 1. The third-order valence-corrected chi connectivity index (χ3v) is 1.16. The minimum atomic E-state index is -0.764. The van der Waals surface area contributed by atoms with Crippen molar-refractivity contribution in [1.29, 1.82) is 0 Å². The van der Waals surface area contributed by atoms with Crippen molar-refractivity contribution in [3.05, 3.63) is 0 Å². The summed E-state index contributed by atoms with van der Waals surface area (Å²) in [7, 11) is 0. The average Bonchev–Trinajstić information content (AvgIpc) is 1.82. The van der Waals surface area contributed by atoms with Crippen LogP contribution < -0.4 is 5.32 Å². The Morgan fingerprint density at radius 1 is 1.78 bits per heavy atom. The Kier molecular flexibility index (Phi) is 4.05. The van der Waals surface area contributed by atoms with E-state index in [-0.39, 0.29) is 7.47 Å². The number of nitrogens with one attached hydrogen (secondary N) is 1. The van der Waals surface area contributed by atoms with Crippen LogP contribution in [0.5, 0.6) is 0 Å². The maximum absolute atomic E-state index is 10.3. The van der Waals surface area contributed by atoms with Crippen molar-refractivity contribution in [2.75, 3.05) is 6.54 Å². The van der Waals surface area contributed by atoms with Gasteiger partial charge in [-0.25, -0.2) is 0 Å². The Bertz CT molecular complexity index is 97.7. The lowest BCUT2D eigenvalue weighted by molar-refractivity contribution is -0.139. The second-order valence-corrected chi connectivity index (χ2v) is 1.86. The molecule has 0 spiro atoms. The maximum Gasteiger partial charge on any atom is 0.320 e. The molecule has 0 bridgehead atoms. The average molecular weight is 133 g/mol. The van der Waals surface area contributed by atoms with Crippen LogP contribution in [0, 0.1) is 0 Å². The molecule has 2 N–H and O–H groups in total. The van der Waals surface area contributed by atoms with E-state index in [0.29, 0.717) is 13.0 Å². The molecule has 0 aromatic rings. The molecular weight excluding hydrogens is 118 g/mol. The molecule has 0 aliphatic carbocycles. The molecule has 0 fully saturated rings. The maximum atomic E-state index is 10.3. The highest BCUT2D eigenvalue weighted by Gasteiger charge is 2.11. The van der Waals surface area contributed by atoms with Crippen LogP contribution in [-0.4, -0.2) is 23.7 Å². The van der Waals surface area contributed by atoms with Crippen LogP contribution in [0.1, 0.15) is 21.7 Å². The lowest BCUT2D eigenvalue weighted by Gasteiger charge is -2.08. The number of carbonyl (C=O) groups is 1. The Labute approximate surface area is 56.6 Å². The van der Waals surface area contributed by atoms with Gasteiger partial charge < -0.3 is 10.4 Å². The molecule has 0 aromatic heterocycles. The highest BCUT2D eigenvalue weighted by atomic mass is 16.4. The first-order valence-electron chi connectivity index (χ1n) is 3.18. The largest absolute Gasteiger partial charge is 0.480 e. The minimum absolute atomic E-state index is 0. The molecule has 0 aliphatic heterocycles. The predicted molar refractivity (Wildman–Crippen MR) is 37.5 cm³/mol. The van der Waals surface area contributed by atoms with Gasteiger partial charge in [-0.05, 0) is 13.0 Å². The molecular formula is C6H15NO2. The summed E-state index contributed by atoms with van der Waals surface area (Å²) in [5.41, 5.74) is 0. The van der Waals surface area contributed by atoms with Crippen molar-refractivity contribution in [1.82, 2.24) is 5.32 Å². The fourth-order valence-electron chi connectivity index (χ4n) is 0.653. The van der Waals surface area contributed by atoms with Crippen molar-refractivity contribution >= 4 is 5.97 Å².